The summed E-state index contributed by atoms with van der Waals surface area (Å²) in [5.41, 5.74) is 7.34. The zero-order chi connectivity index (χ0) is 20.9. The number of benzene rings is 3. The predicted octanol–water partition coefficient (Wildman–Crippen LogP) is 4.52. The highest BCUT2D eigenvalue weighted by Gasteiger charge is 2.21. The van der Waals surface area contributed by atoms with Gasteiger partial charge in [-0.15, -0.1) is 24.8 Å². The first kappa shape index (κ1) is 26.5. The summed E-state index contributed by atoms with van der Waals surface area (Å²) in [6, 6.07) is 17.6. The van der Waals surface area contributed by atoms with Crippen molar-refractivity contribution in [1.82, 2.24) is 0 Å². The van der Waals surface area contributed by atoms with Crippen LogP contribution in [0.4, 0.5) is 15.8 Å². The third-order valence-corrected chi connectivity index (χ3v) is 5.63. The summed E-state index contributed by atoms with van der Waals surface area (Å²) in [7, 11) is -2.60. The molecule has 168 valence electrons. The summed E-state index contributed by atoms with van der Waals surface area (Å²) in [4.78, 5) is -0.0823. The first-order valence-electron chi connectivity index (χ1n) is 8.94. The average molecular weight is 488 g/mol. The molecule has 0 saturated heterocycles. The van der Waals surface area contributed by atoms with Crippen LogP contribution in [-0.2, 0) is 10.0 Å². The summed E-state index contributed by atoms with van der Waals surface area (Å²) >= 11 is 0. The molecule has 0 saturated carbocycles. The van der Waals surface area contributed by atoms with Crippen molar-refractivity contribution in [3.05, 3.63) is 72.5 Å². The summed E-state index contributed by atoms with van der Waals surface area (Å²) in [5.74, 6) is -0.275. The SMILES string of the molecule is COc1ccc(-c2ccccc2F)cc1S(=O)(=O)Nc1cccc(NCCN)c1.Cl.Cl. The molecule has 4 N–H and O–H groups in total. The molecular weight excluding hydrogens is 464 g/mol. The molecule has 0 unspecified atom stereocenters. The standard InChI is InChI=1S/C21H22FN3O3S.2ClH/c1-28-20-10-9-15(18-7-2-3-8-19(18)22)13-21(20)29(26,27)25-17-6-4-5-16(14-17)24-12-11-23;;/h2-10,13-14,24-25H,11-12,23H2,1H3;2*1H. The van der Waals surface area contributed by atoms with Crippen molar-refractivity contribution in [1.29, 1.82) is 0 Å². The number of nitrogens with one attached hydrogen (secondary N) is 2. The quantitative estimate of drug-likeness (QED) is 0.434. The molecule has 0 bridgehead atoms. The van der Waals surface area contributed by atoms with Gasteiger partial charge in [0.2, 0.25) is 0 Å². The van der Waals surface area contributed by atoms with Crippen LogP contribution in [0.1, 0.15) is 0 Å². The molecular formula is C21H24Cl2FN3O3S. The van der Waals surface area contributed by atoms with Crippen LogP contribution >= 0.6 is 24.8 Å². The lowest BCUT2D eigenvalue weighted by atomic mass is 10.1. The average Bonchev–Trinajstić information content (AvgIpc) is 2.72. The Kier molecular flexibility index (Phi) is 10.1. The zero-order valence-corrected chi connectivity index (χ0v) is 19.1. The topological polar surface area (TPSA) is 93.5 Å². The number of sulfonamides is 1. The van der Waals surface area contributed by atoms with Gasteiger partial charge >= 0.3 is 0 Å². The third kappa shape index (κ3) is 6.48. The van der Waals surface area contributed by atoms with Gasteiger partial charge in [-0.3, -0.25) is 4.72 Å². The predicted molar refractivity (Wildman–Crippen MR) is 128 cm³/mol. The van der Waals surface area contributed by atoms with Gasteiger partial charge in [0.05, 0.1) is 12.8 Å². The number of nitrogens with two attached hydrogens (primary N) is 1. The van der Waals surface area contributed by atoms with E-state index in [4.69, 9.17) is 10.5 Å². The number of hydrogen-bond donors (Lipinski definition) is 3. The first-order chi connectivity index (χ1) is 13.9. The Labute approximate surface area is 193 Å². The third-order valence-electron chi connectivity index (χ3n) is 4.23. The van der Waals surface area contributed by atoms with E-state index < -0.39 is 15.8 Å². The van der Waals surface area contributed by atoms with Crippen molar-refractivity contribution in [3.63, 3.8) is 0 Å². The van der Waals surface area contributed by atoms with Gasteiger partial charge in [0.15, 0.2) is 0 Å². The summed E-state index contributed by atoms with van der Waals surface area (Å²) < 4.78 is 48.0. The Balaban J connectivity index is 0.00000240. The fourth-order valence-electron chi connectivity index (χ4n) is 2.87. The van der Waals surface area contributed by atoms with Gasteiger partial charge in [0.25, 0.3) is 10.0 Å². The second-order valence-electron chi connectivity index (χ2n) is 6.25. The second kappa shape index (κ2) is 11.8. The molecule has 6 nitrogen and oxygen atoms in total. The Morgan fingerprint density at radius 1 is 0.968 bits per heavy atom. The highest BCUT2D eigenvalue weighted by atomic mass is 35.5. The number of anilines is 2. The molecule has 3 aromatic rings. The van der Waals surface area contributed by atoms with Crippen molar-refractivity contribution in [2.45, 2.75) is 4.90 Å². The van der Waals surface area contributed by atoms with Crippen LogP contribution in [0.3, 0.4) is 0 Å². The van der Waals surface area contributed by atoms with Crippen molar-refractivity contribution in [3.8, 4) is 16.9 Å². The van der Waals surface area contributed by atoms with E-state index in [9.17, 15) is 12.8 Å². The minimum absolute atomic E-state index is 0. The van der Waals surface area contributed by atoms with E-state index >= 15 is 0 Å². The van der Waals surface area contributed by atoms with E-state index in [0.717, 1.165) is 5.69 Å². The van der Waals surface area contributed by atoms with Crippen LogP contribution in [0.2, 0.25) is 0 Å². The van der Waals surface area contributed by atoms with E-state index in [-0.39, 0.29) is 35.5 Å². The van der Waals surface area contributed by atoms with Gasteiger partial charge in [-0.05, 0) is 42.0 Å². The number of ether oxygens (including phenoxy) is 1. The van der Waals surface area contributed by atoms with E-state index in [1.54, 1.807) is 42.5 Å². The number of methoxy groups -OCH3 is 1. The Morgan fingerprint density at radius 2 is 1.68 bits per heavy atom. The summed E-state index contributed by atoms with van der Waals surface area (Å²) in [5, 5.41) is 3.09. The minimum atomic E-state index is -3.99. The molecule has 0 fully saturated rings. The van der Waals surface area contributed by atoms with Crippen molar-refractivity contribution < 1.29 is 17.5 Å². The molecule has 31 heavy (non-hydrogen) atoms. The lowest BCUT2D eigenvalue weighted by Crippen LogP contribution is -2.15. The smallest absolute Gasteiger partial charge is 0.265 e. The summed E-state index contributed by atoms with van der Waals surface area (Å²) in [6.45, 7) is 1.02. The maximum atomic E-state index is 14.2. The molecule has 0 aliphatic rings. The van der Waals surface area contributed by atoms with Gasteiger partial charge in [-0.2, -0.15) is 0 Å². The molecule has 0 amide bonds. The summed E-state index contributed by atoms with van der Waals surface area (Å²) in [6.07, 6.45) is 0. The second-order valence-corrected chi connectivity index (χ2v) is 7.90. The maximum absolute atomic E-state index is 14.2. The Bertz CT molecular complexity index is 1110. The monoisotopic (exact) mass is 487 g/mol. The highest BCUT2D eigenvalue weighted by Crippen LogP contribution is 2.32. The largest absolute Gasteiger partial charge is 0.495 e. The fourth-order valence-corrected chi connectivity index (χ4v) is 4.11. The van der Waals surface area contributed by atoms with Gasteiger partial charge in [0.1, 0.15) is 16.5 Å². The molecule has 0 spiro atoms. The zero-order valence-electron chi connectivity index (χ0n) is 16.7. The molecule has 0 heterocycles. The number of hydrogen-bond acceptors (Lipinski definition) is 5. The Morgan fingerprint density at radius 3 is 2.35 bits per heavy atom. The highest BCUT2D eigenvalue weighted by molar-refractivity contribution is 7.92. The molecule has 0 aromatic heterocycles. The molecule has 0 aliphatic heterocycles. The van der Waals surface area contributed by atoms with Gasteiger partial charge in [0, 0.05) is 24.3 Å². The molecule has 0 radical (unpaired) electrons. The fraction of sp³-hybridized carbons (Fsp3) is 0.143. The van der Waals surface area contributed by atoms with Crippen LogP contribution < -0.4 is 20.5 Å². The maximum Gasteiger partial charge on any atom is 0.265 e. The van der Waals surface area contributed by atoms with Crippen LogP contribution in [0.25, 0.3) is 11.1 Å². The number of halogens is 3. The molecule has 3 aromatic carbocycles. The van der Waals surface area contributed by atoms with Crippen molar-refractivity contribution in [2.24, 2.45) is 5.73 Å². The Hall–Kier alpha value is -2.52. The first-order valence-corrected chi connectivity index (χ1v) is 10.4. The van der Waals surface area contributed by atoms with E-state index in [2.05, 4.69) is 10.0 Å². The van der Waals surface area contributed by atoms with Gasteiger partial charge < -0.3 is 15.8 Å². The van der Waals surface area contributed by atoms with E-state index in [0.29, 0.717) is 29.9 Å². The van der Waals surface area contributed by atoms with Crippen LogP contribution in [0.5, 0.6) is 5.75 Å². The van der Waals surface area contributed by atoms with Gasteiger partial charge in [-0.25, -0.2) is 12.8 Å². The molecule has 0 atom stereocenters. The molecule has 10 heteroatoms. The van der Waals surface area contributed by atoms with E-state index in [1.165, 1.54) is 25.3 Å². The van der Waals surface area contributed by atoms with Crippen LogP contribution in [-0.4, -0.2) is 28.6 Å². The lowest BCUT2D eigenvalue weighted by Gasteiger charge is -2.14. The van der Waals surface area contributed by atoms with Gasteiger partial charge in [-0.1, -0.05) is 30.3 Å². The minimum Gasteiger partial charge on any atom is -0.495 e. The van der Waals surface area contributed by atoms with Crippen LogP contribution in [0.15, 0.2) is 71.6 Å². The van der Waals surface area contributed by atoms with Crippen molar-refractivity contribution >= 4 is 46.2 Å². The lowest BCUT2D eigenvalue weighted by molar-refractivity contribution is 0.403. The normalized spacial score (nSPS) is 10.4. The van der Waals surface area contributed by atoms with Crippen molar-refractivity contribution in [2.75, 3.05) is 30.2 Å². The molecule has 3 rings (SSSR count). The number of rotatable bonds is 8. The van der Waals surface area contributed by atoms with Crippen LogP contribution in [0, 0.1) is 5.82 Å². The molecule has 0 aliphatic carbocycles. The van der Waals surface area contributed by atoms with E-state index in [1.807, 2.05) is 6.07 Å².